The number of benzene rings is 1. The number of rotatable bonds is 7. The van der Waals surface area contributed by atoms with E-state index < -0.39 is 5.60 Å². The van der Waals surface area contributed by atoms with Gasteiger partial charge >= 0.3 is 0 Å². The fourth-order valence-corrected chi connectivity index (χ4v) is 2.04. The van der Waals surface area contributed by atoms with Crippen LogP contribution in [0.1, 0.15) is 44.7 Å². The molecule has 118 valence electrons. The Bertz CT molecular complexity index is 453. The highest BCUT2D eigenvalue weighted by Gasteiger charge is 2.22. The Hall–Kier alpha value is -1.55. The van der Waals surface area contributed by atoms with Gasteiger partial charge in [0, 0.05) is 13.1 Å². The third-order valence-electron chi connectivity index (χ3n) is 3.91. The van der Waals surface area contributed by atoms with Crippen LogP contribution in [-0.2, 0) is 6.54 Å². The first kappa shape index (κ1) is 17.5. The molecule has 1 aromatic rings. The molecule has 4 heteroatoms. The molecule has 0 aromatic heterocycles. The number of nitrogens with zero attached hydrogens (tertiary/aromatic N) is 1. The Morgan fingerprint density at radius 2 is 1.81 bits per heavy atom. The zero-order valence-corrected chi connectivity index (χ0v) is 13.7. The third kappa shape index (κ3) is 5.76. The molecule has 21 heavy (non-hydrogen) atoms. The van der Waals surface area contributed by atoms with Gasteiger partial charge in [-0.05, 0) is 37.8 Å². The largest absolute Gasteiger partial charge is 0.388 e. The minimum atomic E-state index is -0.668. The van der Waals surface area contributed by atoms with E-state index in [-0.39, 0.29) is 0 Å². The van der Waals surface area contributed by atoms with Crippen LogP contribution in [0.4, 0.5) is 0 Å². The van der Waals surface area contributed by atoms with Gasteiger partial charge in [0.05, 0.1) is 12.1 Å². The highest BCUT2D eigenvalue weighted by atomic mass is 16.3. The van der Waals surface area contributed by atoms with E-state index in [2.05, 4.69) is 34.7 Å². The Morgan fingerprint density at radius 3 is 2.38 bits per heavy atom. The summed E-state index contributed by atoms with van der Waals surface area (Å²) in [6.07, 6.45) is 1.46. The SMILES string of the molecule is CCNC(=NCc1ccccc1C)NCC(O)(CC)CC. The predicted octanol–water partition coefficient (Wildman–Crippen LogP) is 2.60. The van der Waals surface area contributed by atoms with Gasteiger partial charge < -0.3 is 15.7 Å². The highest BCUT2D eigenvalue weighted by Crippen LogP contribution is 2.13. The second-order valence-corrected chi connectivity index (χ2v) is 5.41. The van der Waals surface area contributed by atoms with Gasteiger partial charge in [-0.25, -0.2) is 4.99 Å². The van der Waals surface area contributed by atoms with E-state index in [9.17, 15) is 5.11 Å². The van der Waals surface area contributed by atoms with Crippen molar-refractivity contribution in [1.29, 1.82) is 0 Å². The molecule has 3 N–H and O–H groups in total. The normalized spacial score (nSPS) is 12.3. The van der Waals surface area contributed by atoms with Gasteiger partial charge in [0.1, 0.15) is 0 Å². The molecule has 0 amide bonds. The first-order valence-electron chi connectivity index (χ1n) is 7.83. The van der Waals surface area contributed by atoms with Crippen molar-refractivity contribution in [2.24, 2.45) is 4.99 Å². The first-order valence-corrected chi connectivity index (χ1v) is 7.83. The molecule has 1 aromatic carbocycles. The molecule has 0 bridgehead atoms. The lowest BCUT2D eigenvalue weighted by Crippen LogP contribution is -2.46. The van der Waals surface area contributed by atoms with Gasteiger partial charge in [0.25, 0.3) is 0 Å². The van der Waals surface area contributed by atoms with E-state index >= 15 is 0 Å². The number of guanidine groups is 1. The van der Waals surface area contributed by atoms with Crippen molar-refractivity contribution in [3.8, 4) is 0 Å². The maximum atomic E-state index is 10.3. The van der Waals surface area contributed by atoms with E-state index in [0.717, 1.165) is 25.3 Å². The lowest BCUT2D eigenvalue weighted by atomic mass is 9.98. The van der Waals surface area contributed by atoms with Crippen molar-refractivity contribution in [1.82, 2.24) is 10.6 Å². The quantitative estimate of drug-likeness (QED) is 0.534. The molecule has 0 heterocycles. The van der Waals surface area contributed by atoms with Crippen molar-refractivity contribution in [3.05, 3.63) is 35.4 Å². The van der Waals surface area contributed by atoms with Crippen molar-refractivity contribution < 1.29 is 5.11 Å². The van der Waals surface area contributed by atoms with E-state index in [1.807, 2.05) is 32.9 Å². The Morgan fingerprint density at radius 1 is 1.14 bits per heavy atom. The smallest absolute Gasteiger partial charge is 0.191 e. The van der Waals surface area contributed by atoms with Crippen molar-refractivity contribution in [3.63, 3.8) is 0 Å². The Kier molecular flexibility index (Phi) is 7.23. The number of aliphatic hydroxyl groups is 1. The molecule has 0 unspecified atom stereocenters. The van der Waals surface area contributed by atoms with Crippen LogP contribution >= 0.6 is 0 Å². The molecule has 0 fully saturated rings. The molecular weight excluding hydrogens is 262 g/mol. The summed E-state index contributed by atoms with van der Waals surface area (Å²) in [5.74, 6) is 0.751. The van der Waals surface area contributed by atoms with Gasteiger partial charge in [-0.3, -0.25) is 0 Å². The molecular formula is C17H29N3O. The van der Waals surface area contributed by atoms with Crippen LogP contribution in [0, 0.1) is 6.92 Å². The first-order chi connectivity index (χ1) is 10.0. The Balaban J connectivity index is 2.68. The van der Waals surface area contributed by atoms with Crippen LogP contribution in [0.15, 0.2) is 29.3 Å². The zero-order valence-electron chi connectivity index (χ0n) is 13.7. The Labute approximate surface area is 128 Å². The van der Waals surface area contributed by atoms with Gasteiger partial charge in [0.2, 0.25) is 0 Å². The summed E-state index contributed by atoms with van der Waals surface area (Å²) in [5.41, 5.74) is 1.80. The topological polar surface area (TPSA) is 56.7 Å². The monoisotopic (exact) mass is 291 g/mol. The summed E-state index contributed by atoms with van der Waals surface area (Å²) >= 11 is 0. The molecule has 0 spiro atoms. The summed E-state index contributed by atoms with van der Waals surface area (Å²) in [6.45, 7) is 10.1. The summed E-state index contributed by atoms with van der Waals surface area (Å²) in [6, 6.07) is 8.26. The minimum absolute atomic E-state index is 0.513. The minimum Gasteiger partial charge on any atom is -0.388 e. The number of aryl methyl sites for hydroxylation is 1. The maximum Gasteiger partial charge on any atom is 0.191 e. The van der Waals surface area contributed by atoms with Crippen LogP contribution in [0.3, 0.4) is 0 Å². The van der Waals surface area contributed by atoms with Gasteiger partial charge in [-0.1, -0.05) is 38.1 Å². The van der Waals surface area contributed by atoms with Crippen LogP contribution in [-0.4, -0.2) is 29.8 Å². The van der Waals surface area contributed by atoms with E-state index in [1.54, 1.807) is 0 Å². The molecule has 0 aliphatic carbocycles. The lowest BCUT2D eigenvalue weighted by molar-refractivity contribution is 0.0367. The molecule has 0 saturated carbocycles. The molecule has 0 aliphatic heterocycles. The predicted molar refractivity (Wildman–Crippen MR) is 89.5 cm³/mol. The van der Waals surface area contributed by atoms with E-state index in [0.29, 0.717) is 13.1 Å². The number of hydrogen-bond donors (Lipinski definition) is 3. The fourth-order valence-electron chi connectivity index (χ4n) is 2.04. The second kappa shape index (κ2) is 8.67. The number of hydrogen-bond acceptors (Lipinski definition) is 2. The number of nitrogens with one attached hydrogen (secondary N) is 2. The fraction of sp³-hybridized carbons (Fsp3) is 0.588. The third-order valence-corrected chi connectivity index (χ3v) is 3.91. The summed E-state index contributed by atoms with van der Waals surface area (Å²) < 4.78 is 0. The van der Waals surface area contributed by atoms with E-state index in [4.69, 9.17) is 0 Å². The maximum absolute atomic E-state index is 10.3. The van der Waals surface area contributed by atoms with Crippen LogP contribution < -0.4 is 10.6 Å². The lowest BCUT2D eigenvalue weighted by Gasteiger charge is -2.26. The van der Waals surface area contributed by atoms with Gasteiger partial charge in [0.15, 0.2) is 5.96 Å². The highest BCUT2D eigenvalue weighted by molar-refractivity contribution is 5.79. The van der Waals surface area contributed by atoms with Crippen LogP contribution in [0.5, 0.6) is 0 Å². The van der Waals surface area contributed by atoms with Crippen molar-refractivity contribution in [2.45, 2.75) is 52.7 Å². The molecule has 0 atom stereocenters. The van der Waals surface area contributed by atoms with E-state index in [1.165, 1.54) is 11.1 Å². The second-order valence-electron chi connectivity index (χ2n) is 5.41. The summed E-state index contributed by atoms with van der Waals surface area (Å²) in [5, 5.41) is 16.8. The average molecular weight is 291 g/mol. The van der Waals surface area contributed by atoms with Crippen molar-refractivity contribution >= 4 is 5.96 Å². The van der Waals surface area contributed by atoms with Crippen LogP contribution in [0.25, 0.3) is 0 Å². The molecule has 1 rings (SSSR count). The van der Waals surface area contributed by atoms with Gasteiger partial charge in [-0.2, -0.15) is 0 Å². The zero-order chi connectivity index (χ0) is 15.7. The average Bonchev–Trinajstić information content (AvgIpc) is 2.51. The van der Waals surface area contributed by atoms with Crippen LogP contribution in [0.2, 0.25) is 0 Å². The molecule has 0 radical (unpaired) electrons. The summed E-state index contributed by atoms with van der Waals surface area (Å²) in [7, 11) is 0. The molecule has 0 saturated heterocycles. The van der Waals surface area contributed by atoms with Crippen molar-refractivity contribution in [2.75, 3.05) is 13.1 Å². The number of aliphatic imine (C=N–C) groups is 1. The molecule has 4 nitrogen and oxygen atoms in total. The standard InChI is InChI=1S/C17H29N3O/c1-5-17(21,6-2)13-20-16(18-7-3)19-12-15-11-9-8-10-14(15)4/h8-11,21H,5-7,12-13H2,1-4H3,(H2,18,19,20). The van der Waals surface area contributed by atoms with Gasteiger partial charge in [-0.15, -0.1) is 0 Å². The molecule has 0 aliphatic rings. The summed E-state index contributed by atoms with van der Waals surface area (Å²) in [4.78, 5) is 4.60.